The molecule has 0 aliphatic rings. The Kier molecular flexibility index (Phi) is 4.84. The van der Waals surface area contributed by atoms with Gasteiger partial charge >= 0.3 is 12.1 Å². The fourth-order valence-corrected chi connectivity index (χ4v) is 0.963. The lowest BCUT2D eigenvalue weighted by Crippen LogP contribution is -2.46. The summed E-state index contributed by atoms with van der Waals surface area (Å²) in [7, 11) is 1.51. The highest BCUT2D eigenvalue weighted by atomic mass is 16.6. The SMILES string of the molecule is C=CCOC(=O)N(C)C(C)(C)CC(=O)O. The maximum absolute atomic E-state index is 11.4. The van der Waals surface area contributed by atoms with Crippen molar-refractivity contribution in [2.24, 2.45) is 0 Å². The third-order valence-electron chi connectivity index (χ3n) is 2.09. The van der Waals surface area contributed by atoms with E-state index in [1.165, 1.54) is 18.0 Å². The summed E-state index contributed by atoms with van der Waals surface area (Å²) < 4.78 is 4.80. The molecule has 0 saturated heterocycles. The van der Waals surface area contributed by atoms with Crippen LogP contribution in [0.1, 0.15) is 20.3 Å². The van der Waals surface area contributed by atoms with Gasteiger partial charge in [0.1, 0.15) is 6.61 Å². The average molecular weight is 215 g/mol. The molecule has 0 aromatic rings. The van der Waals surface area contributed by atoms with E-state index in [4.69, 9.17) is 9.84 Å². The first-order valence-corrected chi connectivity index (χ1v) is 4.54. The molecule has 5 heteroatoms. The molecule has 0 heterocycles. The minimum absolute atomic E-state index is 0.117. The van der Waals surface area contributed by atoms with E-state index in [-0.39, 0.29) is 13.0 Å². The molecule has 15 heavy (non-hydrogen) atoms. The van der Waals surface area contributed by atoms with Crippen molar-refractivity contribution in [2.45, 2.75) is 25.8 Å². The van der Waals surface area contributed by atoms with Crippen LogP contribution in [-0.4, -0.2) is 41.3 Å². The van der Waals surface area contributed by atoms with Crippen molar-refractivity contribution in [3.05, 3.63) is 12.7 Å². The molecule has 0 unspecified atom stereocenters. The summed E-state index contributed by atoms with van der Waals surface area (Å²) in [5.74, 6) is -0.955. The van der Waals surface area contributed by atoms with Crippen molar-refractivity contribution in [1.82, 2.24) is 4.90 Å². The van der Waals surface area contributed by atoms with Crippen LogP contribution in [0.5, 0.6) is 0 Å². The number of ether oxygens (including phenoxy) is 1. The minimum Gasteiger partial charge on any atom is -0.481 e. The molecule has 0 aliphatic heterocycles. The van der Waals surface area contributed by atoms with E-state index in [0.717, 1.165) is 0 Å². The van der Waals surface area contributed by atoms with Crippen LogP contribution in [0.2, 0.25) is 0 Å². The number of carbonyl (C=O) groups is 2. The highest BCUT2D eigenvalue weighted by Gasteiger charge is 2.30. The van der Waals surface area contributed by atoms with Crippen LogP contribution in [0, 0.1) is 0 Å². The molecule has 0 aromatic carbocycles. The monoisotopic (exact) mass is 215 g/mol. The molecule has 0 bridgehead atoms. The summed E-state index contributed by atoms with van der Waals surface area (Å²) in [5.41, 5.74) is -0.774. The molecule has 0 aliphatic carbocycles. The molecule has 0 saturated carbocycles. The molecule has 86 valence electrons. The summed E-state index contributed by atoms with van der Waals surface area (Å²) >= 11 is 0. The summed E-state index contributed by atoms with van der Waals surface area (Å²) in [5, 5.41) is 8.66. The van der Waals surface area contributed by atoms with E-state index in [2.05, 4.69) is 6.58 Å². The lowest BCUT2D eigenvalue weighted by molar-refractivity contribution is -0.139. The van der Waals surface area contributed by atoms with E-state index in [0.29, 0.717) is 0 Å². The van der Waals surface area contributed by atoms with Gasteiger partial charge in [0.25, 0.3) is 0 Å². The Morgan fingerprint density at radius 1 is 1.53 bits per heavy atom. The lowest BCUT2D eigenvalue weighted by Gasteiger charge is -2.33. The van der Waals surface area contributed by atoms with E-state index in [1.54, 1.807) is 13.8 Å². The van der Waals surface area contributed by atoms with Crippen LogP contribution < -0.4 is 0 Å². The lowest BCUT2D eigenvalue weighted by atomic mass is 9.99. The molecule has 0 rings (SSSR count). The van der Waals surface area contributed by atoms with Gasteiger partial charge in [-0.3, -0.25) is 4.79 Å². The largest absolute Gasteiger partial charge is 0.481 e. The van der Waals surface area contributed by atoms with Crippen molar-refractivity contribution in [3.63, 3.8) is 0 Å². The zero-order valence-corrected chi connectivity index (χ0v) is 9.32. The van der Waals surface area contributed by atoms with Gasteiger partial charge in [0.05, 0.1) is 12.0 Å². The molecule has 0 spiro atoms. The van der Waals surface area contributed by atoms with E-state index in [1.807, 2.05) is 0 Å². The van der Waals surface area contributed by atoms with Gasteiger partial charge in [-0.25, -0.2) is 4.79 Å². The van der Waals surface area contributed by atoms with Gasteiger partial charge < -0.3 is 14.7 Å². The third kappa shape index (κ3) is 4.49. The van der Waals surface area contributed by atoms with Gasteiger partial charge in [0.2, 0.25) is 0 Å². The molecule has 0 radical (unpaired) electrons. The molecular weight excluding hydrogens is 198 g/mol. The van der Waals surface area contributed by atoms with Crippen LogP contribution in [0.15, 0.2) is 12.7 Å². The Balaban J connectivity index is 4.39. The van der Waals surface area contributed by atoms with E-state index >= 15 is 0 Å². The van der Waals surface area contributed by atoms with Gasteiger partial charge in [0.15, 0.2) is 0 Å². The van der Waals surface area contributed by atoms with Gasteiger partial charge in [0, 0.05) is 7.05 Å². The van der Waals surface area contributed by atoms with Crippen LogP contribution in [0.4, 0.5) is 4.79 Å². The number of hydrogen-bond donors (Lipinski definition) is 1. The first-order chi connectivity index (χ1) is 6.81. The number of rotatable bonds is 5. The summed E-state index contributed by atoms with van der Waals surface area (Å²) in [6, 6.07) is 0. The fraction of sp³-hybridized carbons (Fsp3) is 0.600. The zero-order chi connectivity index (χ0) is 12.1. The van der Waals surface area contributed by atoms with Crippen molar-refractivity contribution in [3.8, 4) is 0 Å². The van der Waals surface area contributed by atoms with Crippen molar-refractivity contribution in [2.75, 3.05) is 13.7 Å². The smallest absolute Gasteiger partial charge is 0.410 e. The number of carbonyl (C=O) groups excluding carboxylic acids is 1. The molecule has 0 fully saturated rings. The summed E-state index contributed by atoms with van der Waals surface area (Å²) in [6.45, 7) is 6.86. The number of carboxylic acid groups (broad SMARTS) is 1. The quantitative estimate of drug-likeness (QED) is 0.705. The Morgan fingerprint density at radius 3 is 2.47 bits per heavy atom. The normalized spacial score (nSPS) is 10.6. The predicted molar refractivity (Wildman–Crippen MR) is 55.6 cm³/mol. The third-order valence-corrected chi connectivity index (χ3v) is 2.09. The molecular formula is C10H17NO4. The number of nitrogens with zero attached hydrogens (tertiary/aromatic N) is 1. The number of hydrogen-bond acceptors (Lipinski definition) is 3. The maximum atomic E-state index is 11.4. The molecule has 1 N–H and O–H groups in total. The van der Waals surface area contributed by atoms with Crippen LogP contribution >= 0.6 is 0 Å². The Labute approximate surface area is 89.3 Å². The van der Waals surface area contributed by atoms with Crippen LogP contribution in [0.25, 0.3) is 0 Å². The minimum atomic E-state index is -0.955. The van der Waals surface area contributed by atoms with Crippen molar-refractivity contribution < 1.29 is 19.4 Å². The Morgan fingerprint density at radius 2 is 2.07 bits per heavy atom. The van der Waals surface area contributed by atoms with Crippen molar-refractivity contribution in [1.29, 1.82) is 0 Å². The second kappa shape index (κ2) is 5.38. The molecule has 0 atom stereocenters. The standard InChI is InChI=1S/C10H17NO4/c1-5-6-15-9(14)11(4)10(2,3)7-8(12)13/h5H,1,6-7H2,2-4H3,(H,12,13). The van der Waals surface area contributed by atoms with Gasteiger partial charge in [-0.15, -0.1) is 0 Å². The zero-order valence-electron chi connectivity index (χ0n) is 9.32. The molecule has 5 nitrogen and oxygen atoms in total. The number of amides is 1. The highest BCUT2D eigenvalue weighted by molar-refractivity contribution is 5.72. The van der Waals surface area contributed by atoms with Gasteiger partial charge in [-0.2, -0.15) is 0 Å². The number of carboxylic acids is 1. The topological polar surface area (TPSA) is 66.8 Å². The molecule has 0 aromatic heterocycles. The van der Waals surface area contributed by atoms with Crippen LogP contribution in [-0.2, 0) is 9.53 Å². The summed E-state index contributed by atoms with van der Waals surface area (Å²) in [6.07, 6.45) is 0.768. The second-order valence-electron chi connectivity index (χ2n) is 3.81. The van der Waals surface area contributed by atoms with E-state index in [9.17, 15) is 9.59 Å². The van der Waals surface area contributed by atoms with Crippen molar-refractivity contribution >= 4 is 12.1 Å². The first-order valence-electron chi connectivity index (χ1n) is 4.54. The highest BCUT2D eigenvalue weighted by Crippen LogP contribution is 2.17. The fourth-order valence-electron chi connectivity index (χ4n) is 0.963. The van der Waals surface area contributed by atoms with Gasteiger partial charge in [-0.05, 0) is 13.8 Å². The molecule has 1 amide bonds. The second-order valence-corrected chi connectivity index (χ2v) is 3.81. The average Bonchev–Trinajstić information content (AvgIpc) is 2.10. The van der Waals surface area contributed by atoms with Crippen LogP contribution in [0.3, 0.4) is 0 Å². The number of aliphatic carboxylic acids is 1. The predicted octanol–water partition coefficient (Wildman–Crippen LogP) is 1.49. The first kappa shape index (κ1) is 13.5. The summed E-state index contributed by atoms with van der Waals surface area (Å²) in [4.78, 5) is 23.2. The Hall–Kier alpha value is -1.52. The van der Waals surface area contributed by atoms with E-state index < -0.39 is 17.6 Å². The van der Waals surface area contributed by atoms with Gasteiger partial charge in [-0.1, -0.05) is 12.7 Å². The maximum Gasteiger partial charge on any atom is 0.410 e. The Bertz CT molecular complexity index is 260.